The lowest BCUT2D eigenvalue weighted by atomic mass is 10.2. The van der Waals surface area contributed by atoms with Crippen LogP contribution in [0.2, 0.25) is 0 Å². The summed E-state index contributed by atoms with van der Waals surface area (Å²) >= 11 is 5.25. The minimum Gasteiger partial charge on any atom is -0.392 e. The Labute approximate surface area is 118 Å². The zero-order valence-electron chi connectivity index (χ0n) is 10.7. The topological polar surface area (TPSA) is 44.3 Å². The maximum absolute atomic E-state index is 9.25. The summed E-state index contributed by atoms with van der Waals surface area (Å²) in [6.07, 6.45) is 0. The number of hydrogen-bond donors (Lipinski definition) is 3. The summed E-state index contributed by atoms with van der Waals surface area (Å²) in [4.78, 5) is 0. The van der Waals surface area contributed by atoms with Crippen LogP contribution in [0.4, 0.5) is 11.4 Å². The number of para-hydroxylation sites is 1. The van der Waals surface area contributed by atoms with Gasteiger partial charge in [0.1, 0.15) is 0 Å². The van der Waals surface area contributed by atoms with E-state index in [0.29, 0.717) is 5.11 Å². The molecule has 2 aromatic carbocycles. The molecule has 0 aliphatic rings. The van der Waals surface area contributed by atoms with Crippen LogP contribution in [0.1, 0.15) is 11.1 Å². The van der Waals surface area contributed by atoms with Gasteiger partial charge < -0.3 is 15.7 Å². The van der Waals surface area contributed by atoms with E-state index in [1.165, 1.54) is 5.56 Å². The molecule has 0 bridgehead atoms. The van der Waals surface area contributed by atoms with Crippen molar-refractivity contribution >= 4 is 28.7 Å². The molecule has 19 heavy (non-hydrogen) atoms. The second kappa shape index (κ2) is 6.31. The van der Waals surface area contributed by atoms with Crippen molar-refractivity contribution in [2.24, 2.45) is 0 Å². The highest BCUT2D eigenvalue weighted by Crippen LogP contribution is 2.15. The summed E-state index contributed by atoms with van der Waals surface area (Å²) in [5.74, 6) is 0. The number of hydrogen-bond acceptors (Lipinski definition) is 2. The van der Waals surface area contributed by atoms with Gasteiger partial charge in [-0.05, 0) is 37.3 Å². The van der Waals surface area contributed by atoms with Crippen molar-refractivity contribution in [3.8, 4) is 0 Å². The molecule has 0 amide bonds. The third kappa shape index (κ3) is 3.77. The first-order valence-corrected chi connectivity index (χ1v) is 6.43. The van der Waals surface area contributed by atoms with E-state index >= 15 is 0 Å². The Bertz CT molecular complexity index is 567. The van der Waals surface area contributed by atoms with Gasteiger partial charge in [0.05, 0.1) is 6.61 Å². The fourth-order valence-corrected chi connectivity index (χ4v) is 1.93. The molecule has 0 radical (unpaired) electrons. The van der Waals surface area contributed by atoms with Crippen LogP contribution in [0, 0.1) is 6.92 Å². The van der Waals surface area contributed by atoms with Crippen molar-refractivity contribution in [1.29, 1.82) is 0 Å². The molecule has 2 rings (SSSR count). The SMILES string of the molecule is Cc1ccc(NC(=S)Nc2ccccc2CO)cc1. The molecule has 0 aromatic heterocycles. The molecule has 0 saturated carbocycles. The van der Waals surface area contributed by atoms with Crippen LogP contribution in [0.15, 0.2) is 48.5 Å². The van der Waals surface area contributed by atoms with Gasteiger partial charge in [0.15, 0.2) is 5.11 Å². The summed E-state index contributed by atoms with van der Waals surface area (Å²) < 4.78 is 0. The number of nitrogens with one attached hydrogen (secondary N) is 2. The number of rotatable bonds is 3. The Morgan fingerprint density at radius 2 is 1.74 bits per heavy atom. The van der Waals surface area contributed by atoms with Gasteiger partial charge in [0.25, 0.3) is 0 Å². The van der Waals surface area contributed by atoms with Crippen molar-refractivity contribution in [1.82, 2.24) is 0 Å². The predicted octanol–water partition coefficient (Wildman–Crippen LogP) is 3.30. The van der Waals surface area contributed by atoms with Gasteiger partial charge in [-0.2, -0.15) is 0 Å². The Morgan fingerprint density at radius 1 is 1.05 bits per heavy atom. The molecule has 3 N–H and O–H groups in total. The minimum absolute atomic E-state index is 0.0175. The number of aryl methyl sites for hydroxylation is 1. The Hall–Kier alpha value is -1.91. The van der Waals surface area contributed by atoms with Crippen LogP contribution < -0.4 is 10.6 Å². The average Bonchev–Trinajstić information content (AvgIpc) is 2.42. The van der Waals surface area contributed by atoms with E-state index in [2.05, 4.69) is 10.6 Å². The molecule has 0 spiro atoms. The highest BCUT2D eigenvalue weighted by molar-refractivity contribution is 7.80. The highest BCUT2D eigenvalue weighted by atomic mass is 32.1. The van der Waals surface area contributed by atoms with Gasteiger partial charge >= 0.3 is 0 Å². The molecule has 0 atom stereocenters. The standard InChI is InChI=1S/C15H16N2OS/c1-11-6-8-13(9-7-11)16-15(19)17-14-5-3-2-4-12(14)10-18/h2-9,18H,10H2,1H3,(H2,16,17,19). The minimum atomic E-state index is -0.0175. The van der Waals surface area contributed by atoms with E-state index in [1.54, 1.807) is 0 Å². The van der Waals surface area contributed by atoms with E-state index < -0.39 is 0 Å². The summed E-state index contributed by atoms with van der Waals surface area (Å²) in [7, 11) is 0. The van der Waals surface area contributed by atoms with Gasteiger partial charge in [-0.25, -0.2) is 0 Å². The molecule has 0 fully saturated rings. The summed E-state index contributed by atoms with van der Waals surface area (Å²) in [5, 5.41) is 15.9. The monoisotopic (exact) mass is 272 g/mol. The second-order valence-electron chi connectivity index (χ2n) is 4.26. The summed E-state index contributed by atoms with van der Waals surface area (Å²) in [6.45, 7) is 2.02. The molecule has 0 unspecified atom stereocenters. The van der Waals surface area contributed by atoms with Gasteiger partial charge in [-0.15, -0.1) is 0 Å². The third-order valence-electron chi connectivity index (χ3n) is 2.75. The average molecular weight is 272 g/mol. The van der Waals surface area contributed by atoms with E-state index in [0.717, 1.165) is 16.9 Å². The van der Waals surface area contributed by atoms with Crippen LogP contribution in [-0.2, 0) is 6.61 Å². The van der Waals surface area contributed by atoms with Gasteiger partial charge in [-0.3, -0.25) is 0 Å². The van der Waals surface area contributed by atoms with E-state index in [4.69, 9.17) is 12.2 Å². The molecule has 0 aliphatic carbocycles. The van der Waals surface area contributed by atoms with Crippen molar-refractivity contribution in [2.75, 3.05) is 10.6 Å². The maximum atomic E-state index is 9.25. The van der Waals surface area contributed by atoms with Gasteiger partial charge in [0.2, 0.25) is 0 Å². The number of thiocarbonyl (C=S) groups is 1. The fourth-order valence-electron chi connectivity index (χ4n) is 1.70. The van der Waals surface area contributed by atoms with E-state index in [1.807, 2.05) is 55.5 Å². The molecule has 0 saturated heterocycles. The van der Waals surface area contributed by atoms with Crippen molar-refractivity contribution < 1.29 is 5.11 Å². The predicted molar refractivity (Wildman–Crippen MR) is 83.4 cm³/mol. The van der Waals surface area contributed by atoms with Crippen molar-refractivity contribution in [3.05, 3.63) is 59.7 Å². The largest absolute Gasteiger partial charge is 0.392 e. The number of aliphatic hydroxyl groups excluding tert-OH is 1. The first-order valence-electron chi connectivity index (χ1n) is 6.02. The molecule has 4 heteroatoms. The first-order chi connectivity index (χ1) is 9.19. The number of anilines is 2. The van der Waals surface area contributed by atoms with Crippen LogP contribution in [0.25, 0.3) is 0 Å². The Kier molecular flexibility index (Phi) is 4.49. The smallest absolute Gasteiger partial charge is 0.175 e. The fraction of sp³-hybridized carbons (Fsp3) is 0.133. The third-order valence-corrected chi connectivity index (χ3v) is 2.95. The van der Waals surface area contributed by atoms with E-state index in [-0.39, 0.29) is 6.61 Å². The van der Waals surface area contributed by atoms with Crippen molar-refractivity contribution in [2.45, 2.75) is 13.5 Å². The zero-order valence-corrected chi connectivity index (χ0v) is 11.5. The van der Waals surface area contributed by atoms with Crippen LogP contribution in [0.3, 0.4) is 0 Å². The molecule has 98 valence electrons. The number of benzene rings is 2. The highest BCUT2D eigenvalue weighted by Gasteiger charge is 2.03. The maximum Gasteiger partial charge on any atom is 0.175 e. The molecular formula is C15H16N2OS. The van der Waals surface area contributed by atoms with Gasteiger partial charge in [-0.1, -0.05) is 35.9 Å². The van der Waals surface area contributed by atoms with Crippen LogP contribution >= 0.6 is 12.2 Å². The first kappa shape index (κ1) is 13.5. The molecule has 2 aromatic rings. The van der Waals surface area contributed by atoms with E-state index in [9.17, 15) is 5.11 Å². The number of aliphatic hydroxyl groups is 1. The summed E-state index contributed by atoms with van der Waals surface area (Å²) in [6, 6.07) is 15.5. The lowest BCUT2D eigenvalue weighted by Gasteiger charge is -2.13. The normalized spacial score (nSPS) is 10.0. The quantitative estimate of drug-likeness (QED) is 0.750. The Morgan fingerprint density at radius 3 is 2.42 bits per heavy atom. The van der Waals surface area contributed by atoms with Crippen LogP contribution in [-0.4, -0.2) is 10.2 Å². The molecule has 0 heterocycles. The van der Waals surface area contributed by atoms with Crippen molar-refractivity contribution in [3.63, 3.8) is 0 Å². The zero-order chi connectivity index (χ0) is 13.7. The lowest BCUT2D eigenvalue weighted by Crippen LogP contribution is -2.19. The second-order valence-corrected chi connectivity index (χ2v) is 4.67. The van der Waals surface area contributed by atoms with Gasteiger partial charge in [0, 0.05) is 16.9 Å². The summed E-state index contributed by atoms with van der Waals surface area (Å²) in [5.41, 5.74) is 3.77. The molecular weight excluding hydrogens is 256 g/mol. The molecule has 3 nitrogen and oxygen atoms in total. The van der Waals surface area contributed by atoms with Crippen LogP contribution in [0.5, 0.6) is 0 Å². The molecule has 0 aliphatic heterocycles. The Balaban J connectivity index is 2.03. The lowest BCUT2D eigenvalue weighted by molar-refractivity contribution is 0.282.